The van der Waals surface area contributed by atoms with Crippen LogP contribution in [0.4, 0.5) is 4.79 Å². The fourth-order valence-electron chi connectivity index (χ4n) is 5.71. The van der Waals surface area contributed by atoms with Crippen LogP contribution in [0.3, 0.4) is 0 Å². The highest BCUT2D eigenvalue weighted by Crippen LogP contribution is 2.41. The molecule has 5 rings (SSSR count). The van der Waals surface area contributed by atoms with Crippen molar-refractivity contribution in [1.29, 1.82) is 0 Å². The number of likely N-dealkylation sites (tertiary alicyclic amines) is 1. The molecular weight excluding hydrogens is 400 g/mol. The number of piperidine rings is 1. The fourth-order valence-corrected chi connectivity index (χ4v) is 5.71. The SMILES string of the molecule is CC(C)CN1C(=O)N(C2Cc3ccccc3C2)C(=O)C12CCN(Cc1ccncc1)CC2. The van der Waals surface area contributed by atoms with E-state index in [1.807, 2.05) is 41.6 Å². The van der Waals surface area contributed by atoms with Gasteiger partial charge in [0.05, 0.1) is 0 Å². The predicted octanol–water partition coefficient (Wildman–Crippen LogP) is 3.50. The Morgan fingerprint density at radius 2 is 1.62 bits per heavy atom. The van der Waals surface area contributed by atoms with Crippen molar-refractivity contribution in [2.24, 2.45) is 5.92 Å². The normalized spacial score (nSPS) is 21.2. The van der Waals surface area contributed by atoms with Crippen LogP contribution in [-0.4, -0.2) is 62.8 Å². The highest BCUT2D eigenvalue weighted by atomic mass is 16.2. The number of pyridine rings is 1. The van der Waals surface area contributed by atoms with Gasteiger partial charge in [-0.1, -0.05) is 38.1 Å². The Balaban J connectivity index is 1.36. The number of nitrogens with zero attached hydrogens (tertiary/aromatic N) is 4. The predicted molar refractivity (Wildman–Crippen MR) is 123 cm³/mol. The first-order valence-electron chi connectivity index (χ1n) is 11.8. The first-order valence-corrected chi connectivity index (χ1v) is 11.8. The molecule has 6 heteroatoms. The molecule has 0 N–H and O–H groups in total. The Kier molecular flexibility index (Phi) is 5.49. The number of carbonyl (C=O) groups is 2. The summed E-state index contributed by atoms with van der Waals surface area (Å²) in [6.45, 7) is 7.36. The standard InChI is InChI=1S/C26H32N4O2/c1-19(2)17-29-25(32)30(23-15-21-5-3-4-6-22(21)16-23)24(31)26(29)9-13-28(14-10-26)18-20-7-11-27-12-8-20/h3-8,11-12,19,23H,9-10,13-18H2,1-2H3. The van der Waals surface area contributed by atoms with Crippen LogP contribution in [-0.2, 0) is 24.2 Å². The summed E-state index contributed by atoms with van der Waals surface area (Å²) in [4.78, 5) is 37.6. The highest BCUT2D eigenvalue weighted by Gasteiger charge is 2.59. The number of rotatable bonds is 5. The Bertz CT molecular complexity index is 973. The van der Waals surface area contributed by atoms with E-state index in [9.17, 15) is 9.59 Å². The highest BCUT2D eigenvalue weighted by molar-refractivity contribution is 6.07. The van der Waals surface area contributed by atoms with E-state index in [1.165, 1.54) is 16.7 Å². The number of amides is 3. The molecule has 1 aromatic carbocycles. The van der Waals surface area contributed by atoms with Gasteiger partial charge in [-0.2, -0.15) is 0 Å². The number of fused-ring (bicyclic) bond motifs is 1. The molecule has 0 radical (unpaired) electrons. The number of benzene rings is 1. The van der Waals surface area contributed by atoms with Crippen molar-refractivity contribution in [3.05, 3.63) is 65.5 Å². The molecule has 6 nitrogen and oxygen atoms in total. The van der Waals surface area contributed by atoms with Crippen LogP contribution in [0.1, 0.15) is 43.4 Å². The monoisotopic (exact) mass is 432 g/mol. The van der Waals surface area contributed by atoms with Crippen molar-refractivity contribution in [3.63, 3.8) is 0 Å². The van der Waals surface area contributed by atoms with E-state index in [0.29, 0.717) is 25.3 Å². The summed E-state index contributed by atoms with van der Waals surface area (Å²) in [5.41, 5.74) is 3.07. The van der Waals surface area contributed by atoms with Crippen LogP contribution in [0.25, 0.3) is 0 Å². The second-order valence-corrected chi connectivity index (χ2v) is 9.96. The zero-order chi connectivity index (χ0) is 22.3. The minimum absolute atomic E-state index is 0.0320. The number of aromatic nitrogens is 1. The molecule has 0 bridgehead atoms. The van der Waals surface area contributed by atoms with Gasteiger partial charge in [-0.25, -0.2) is 4.79 Å². The van der Waals surface area contributed by atoms with E-state index >= 15 is 0 Å². The lowest BCUT2D eigenvalue weighted by Gasteiger charge is -2.42. The number of hydrogen-bond donors (Lipinski definition) is 0. The van der Waals surface area contributed by atoms with Crippen molar-refractivity contribution >= 4 is 11.9 Å². The summed E-state index contributed by atoms with van der Waals surface area (Å²) in [5, 5.41) is 0. The minimum atomic E-state index is -0.690. The molecule has 1 aliphatic carbocycles. The summed E-state index contributed by atoms with van der Waals surface area (Å²) in [6.07, 6.45) is 6.58. The molecule has 32 heavy (non-hydrogen) atoms. The topological polar surface area (TPSA) is 56.8 Å². The van der Waals surface area contributed by atoms with E-state index in [1.54, 1.807) is 4.90 Å². The average molecular weight is 433 g/mol. The molecule has 2 aliphatic heterocycles. The Hall–Kier alpha value is -2.73. The first-order chi connectivity index (χ1) is 15.5. The lowest BCUT2D eigenvalue weighted by Crippen LogP contribution is -2.57. The quantitative estimate of drug-likeness (QED) is 0.679. The van der Waals surface area contributed by atoms with Gasteiger partial charge in [0, 0.05) is 44.6 Å². The van der Waals surface area contributed by atoms with E-state index in [4.69, 9.17) is 0 Å². The van der Waals surface area contributed by atoms with Crippen molar-refractivity contribution in [2.45, 2.75) is 57.7 Å². The molecular formula is C26H32N4O2. The second-order valence-electron chi connectivity index (χ2n) is 9.96. The summed E-state index contributed by atoms with van der Waals surface area (Å²) in [5.74, 6) is 0.351. The molecule has 1 aromatic heterocycles. The van der Waals surface area contributed by atoms with Gasteiger partial charge in [0.25, 0.3) is 5.91 Å². The molecule has 3 amide bonds. The van der Waals surface area contributed by atoms with Crippen LogP contribution in [0, 0.1) is 5.92 Å². The average Bonchev–Trinajstić information content (AvgIpc) is 3.29. The lowest BCUT2D eigenvalue weighted by molar-refractivity contribution is -0.137. The maximum Gasteiger partial charge on any atom is 0.327 e. The van der Waals surface area contributed by atoms with E-state index in [0.717, 1.165) is 32.5 Å². The molecule has 0 unspecified atom stereocenters. The molecule has 0 saturated carbocycles. The van der Waals surface area contributed by atoms with E-state index < -0.39 is 5.54 Å². The number of hydrogen-bond acceptors (Lipinski definition) is 4. The van der Waals surface area contributed by atoms with Crippen LogP contribution in [0.2, 0.25) is 0 Å². The van der Waals surface area contributed by atoms with Gasteiger partial charge in [0.1, 0.15) is 5.54 Å². The number of urea groups is 1. The van der Waals surface area contributed by atoms with Crippen molar-refractivity contribution in [1.82, 2.24) is 19.7 Å². The van der Waals surface area contributed by atoms with Crippen molar-refractivity contribution in [2.75, 3.05) is 19.6 Å². The van der Waals surface area contributed by atoms with E-state index in [2.05, 4.69) is 35.9 Å². The van der Waals surface area contributed by atoms with Gasteiger partial charge >= 0.3 is 6.03 Å². The van der Waals surface area contributed by atoms with Crippen LogP contribution >= 0.6 is 0 Å². The maximum atomic E-state index is 13.9. The van der Waals surface area contributed by atoms with Gasteiger partial charge in [0.15, 0.2) is 0 Å². The zero-order valence-corrected chi connectivity index (χ0v) is 19.0. The number of carbonyl (C=O) groups excluding carboxylic acids is 2. The largest absolute Gasteiger partial charge is 0.327 e. The lowest BCUT2D eigenvalue weighted by atomic mass is 9.85. The molecule has 2 aromatic rings. The van der Waals surface area contributed by atoms with Crippen molar-refractivity contribution in [3.8, 4) is 0 Å². The Labute approximate surface area is 190 Å². The van der Waals surface area contributed by atoms with Crippen LogP contribution in [0.5, 0.6) is 0 Å². The minimum Gasteiger partial charge on any atom is -0.309 e. The Morgan fingerprint density at radius 3 is 2.22 bits per heavy atom. The van der Waals surface area contributed by atoms with Crippen molar-refractivity contribution < 1.29 is 9.59 Å². The summed E-state index contributed by atoms with van der Waals surface area (Å²) in [7, 11) is 0. The van der Waals surface area contributed by atoms with Crippen LogP contribution in [0.15, 0.2) is 48.8 Å². The number of imide groups is 1. The maximum absolute atomic E-state index is 13.9. The second kappa shape index (κ2) is 8.32. The summed E-state index contributed by atoms with van der Waals surface area (Å²) < 4.78 is 0. The molecule has 2 saturated heterocycles. The molecule has 1 spiro atoms. The Morgan fingerprint density at radius 1 is 1.00 bits per heavy atom. The first kappa shape index (κ1) is 21.1. The summed E-state index contributed by atoms with van der Waals surface area (Å²) >= 11 is 0. The third kappa shape index (κ3) is 3.60. The molecule has 3 aliphatic rings. The van der Waals surface area contributed by atoms with Gasteiger partial charge in [-0.05, 0) is 60.4 Å². The zero-order valence-electron chi connectivity index (χ0n) is 19.0. The molecule has 0 atom stereocenters. The van der Waals surface area contributed by atoms with Crippen LogP contribution < -0.4 is 0 Å². The fraction of sp³-hybridized carbons (Fsp3) is 0.500. The smallest absolute Gasteiger partial charge is 0.309 e. The van der Waals surface area contributed by atoms with E-state index in [-0.39, 0.29) is 18.0 Å². The van der Waals surface area contributed by atoms with Gasteiger partial charge in [0.2, 0.25) is 0 Å². The molecule has 2 fully saturated rings. The van der Waals surface area contributed by atoms with Gasteiger partial charge in [-0.15, -0.1) is 0 Å². The molecule has 168 valence electrons. The molecule has 3 heterocycles. The third-order valence-corrected chi connectivity index (χ3v) is 7.35. The van der Waals surface area contributed by atoms with Gasteiger partial charge in [-0.3, -0.25) is 19.6 Å². The van der Waals surface area contributed by atoms with Gasteiger partial charge < -0.3 is 4.90 Å². The summed E-state index contributed by atoms with van der Waals surface area (Å²) in [6, 6.07) is 12.3. The third-order valence-electron chi connectivity index (χ3n) is 7.35.